The summed E-state index contributed by atoms with van der Waals surface area (Å²) in [7, 11) is -9.41. The lowest BCUT2D eigenvalue weighted by Crippen LogP contribution is -2.00. The van der Waals surface area contributed by atoms with Crippen molar-refractivity contribution < 1.29 is 39.4 Å². The van der Waals surface area contributed by atoms with Crippen LogP contribution in [0.1, 0.15) is 11.1 Å². The summed E-state index contributed by atoms with van der Waals surface area (Å²) in [6.07, 6.45) is 0. The van der Waals surface area contributed by atoms with Crippen LogP contribution in [0.2, 0.25) is 0 Å². The maximum absolute atomic E-state index is 12.2. The van der Waals surface area contributed by atoms with Gasteiger partial charge < -0.3 is 15.0 Å². The minimum absolute atomic E-state index is 0.0463. The van der Waals surface area contributed by atoms with Crippen molar-refractivity contribution in [2.75, 3.05) is 5.73 Å². The third-order valence-electron chi connectivity index (χ3n) is 5.96. The Bertz CT molecular complexity index is 2080. The lowest BCUT2D eigenvalue weighted by molar-refractivity contribution is 0.472. The predicted molar refractivity (Wildman–Crippen MR) is 159 cm³/mol. The van der Waals surface area contributed by atoms with E-state index in [-0.39, 0.29) is 33.4 Å². The van der Waals surface area contributed by atoms with Crippen molar-refractivity contribution in [2.45, 2.75) is 23.6 Å². The van der Waals surface area contributed by atoms with Gasteiger partial charge in [-0.3, -0.25) is 9.11 Å². The van der Waals surface area contributed by atoms with Crippen molar-refractivity contribution in [1.29, 1.82) is 0 Å². The molecule has 4 aromatic carbocycles. The summed E-state index contributed by atoms with van der Waals surface area (Å²) >= 11 is -1.70. The number of hydrogen-bond acceptors (Lipinski definition) is 12. The number of nitrogen functional groups attached to an aromatic ring is 1. The Morgan fingerprint density at radius 2 is 1.51 bits per heavy atom. The van der Waals surface area contributed by atoms with Gasteiger partial charge in [0.15, 0.2) is 5.75 Å². The van der Waals surface area contributed by atoms with E-state index in [1.807, 2.05) is 0 Å². The van der Waals surface area contributed by atoms with E-state index in [1.54, 1.807) is 19.1 Å². The number of rotatable bonds is 9. The molecule has 0 saturated heterocycles. The summed E-state index contributed by atoms with van der Waals surface area (Å²) in [5.41, 5.74) is 6.95. The Morgan fingerprint density at radius 3 is 2.09 bits per heavy atom. The molecule has 0 aromatic heterocycles. The molecule has 14 nitrogen and oxygen atoms in total. The summed E-state index contributed by atoms with van der Waals surface area (Å²) < 4.78 is 83.0. The zero-order valence-electron chi connectivity index (χ0n) is 22.4. The van der Waals surface area contributed by atoms with Crippen molar-refractivity contribution in [3.63, 3.8) is 0 Å². The molecule has 0 aliphatic heterocycles. The van der Waals surface area contributed by atoms with Crippen LogP contribution in [-0.2, 0) is 31.3 Å². The zero-order chi connectivity index (χ0) is 31.7. The van der Waals surface area contributed by atoms with Crippen LogP contribution < -0.4 is 9.92 Å². The number of aromatic hydroxyl groups is 1. The monoisotopic (exact) mass is 645 g/mol. The van der Waals surface area contributed by atoms with Crippen molar-refractivity contribution >= 4 is 70.5 Å². The summed E-state index contributed by atoms with van der Waals surface area (Å²) in [5, 5.41) is 28.5. The first-order valence-electron chi connectivity index (χ1n) is 11.9. The molecule has 0 heterocycles. The molecule has 0 aliphatic rings. The number of azo groups is 2. The average Bonchev–Trinajstić information content (AvgIpc) is 2.92. The Kier molecular flexibility index (Phi) is 8.74. The first-order valence-corrected chi connectivity index (χ1v) is 15.9. The van der Waals surface area contributed by atoms with Crippen molar-refractivity contribution in [1.82, 2.24) is 0 Å². The highest BCUT2D eigenvalue weighted by atomic mass is 32.2. The number of phenols is 1. The van der Waals surface area contributed by atoms with E-state index >= 15 is 0 Å². The number of anilines is 1. The quantitative estimate of drug-likeness (QED) is 0.0906. The minimum atomic E-state index is -4.93. The van der Waals surface area contributed by atoms with Crippen LogP contribution in [-0.4, -0.2) is 35.3 Å². The van der Waals surface area contributed by atoms with E-state index in [9.17, 15) is 35.3 Å². The molecule has 0 saturated carbocycles. The van der Waals surface area contributed by atoms with E-state index in [0.29, 0.717) is 17.0 Å². The molecular formula is C26H23N5O9S3. The molecule has 0 fully saturated rings. The first kappa shape index (κ1) is 31.4. The third kappa shape index (κ3) is 6.92. The second kappa shape index (κ2) is 12.0. The fraction of sp³-hybridized carbons (Fsp3) is 0.0769. The molecule has 0 radical (unpaired) electrons. The topological polar surface area (TPSA) is 231 Å². The molecule has 0 amide bonds. The van der Waals surface area contributed by atoms with Gasteiger partial charge in [0.2, 0.25) is 11.1 Å². The van der Waals surface area contributed by atoms with Crippen molar-refractivity contribution in [2.24, 2.45) is 20.5 Å². The van der Waals surface area contributed by atoms with Gasteiger partial charge in [-0.05, 0) is 85.0 Å². The normalized spacial score (nSPS) is 13.1. The molecule has 4 rings (SSSR count). The Hall–Kier alpha value is -4.55. The number of aryl methyl sites for hydroxylation is 2. The van der Waals surface area contributed by atoms with Gasteiger partial charge in [0.25, 0.3) is 20.2 Å². The fourth-order valence-corrected chi connectivity index (χ4v) is 5.51. The number of nitrogens with two attached hydrogens (primary N) is 1. The van der Waals surface area contributed by atoms with E-state index in [4.69, 9.17) is 9.92 Å². The molecule has 43 heavy (non-hydrogen) atoms. The molecule has 1 unspecified atom stereocenters. The maximum atomic E-state index is 12.2. The van der Waals surface area contributed by atoms with Gasteiger partial charge in [-0.1, -0.05) is 6.58 Å². The van der Waals surface area contributed by atoms with Crippen molar-refractivity contribution in [3.05, 3.63) is 77.7 Å². The van der Waals surface area contributed by atoms with Gasteiger partial charge in [0, 0.05) is 5.41 Å². The van der Waals surface area contributed by atoms with Gasteiger partial charge >= 0.3 is 0 Å². The first-order chi connectivity index (χ1) is 20.1. The minimum Gasteiger partial charge on any atom is -0.505 e. The lowest BCUT2D eigenvalue weighted by Gasteiger charge is -2.13. The Morgan fingerprint density at radius 1 is 0.860 bits per heavy atom. The molecular weight excluding hydrogens is 623 g/mol. The number of fused-ring (bicyclic) bond motifs is 1. The van der Waals surface area contributed by atoms with Crippen LogP contribution in [0.25, 0.3) is 10.8 Å². The van der Waals surface area contributed by atoms with Gasteiger partial charge in [-0.15, -0.1) is 10.2 Å². The van der Waals surface area contributed by atoms with Crippen LogP contribution in [0.15, 0.2) is 96.8 Å². The summed E-state index contributed by atoms with van der Waals surface area (Å²) in [6, 6.07) is 12.1. The Balaban J connectivity index is 1.81. The van der Waals surface area contributed by atoms with E-state index < -0.39 is 52.5 Å². The van der Waals surface area contributed by atoms with Gasteiger partial charge in [-0.25, -0.2) is 4.21 Å². The van der Waals surface area contributed by atoms with Gasteiger partial charge in [0.05, 0.1) is 27.3 Å². The van der Waals surface area contributed by atoms with Crippen LogP contribution in [0, 0.1) is 13.8 Å². The molecule has 1 atom stereocenters. The lowest BCUT2D eigenvalue weighted by atomic mass is 10.0. The molecule has 224 valence electrons. The highest BCUT2D eigenvalue weighted by molar-refractivity contribution is 7.86. The summed E-state index contributed by atoms with van der Waals surface area (Å²) in [5.74, 6) is -0.420. The van der Waals surface area contributed by atoms with Crippen LogP contribution >= 0.6 is 0 Å². The smallest absolute Gasteiger partial charge is 0.296 e. The standard InChI is InChI=1S/C26H23N5O9S3/c1-4-41(33)40-18-7-5-17(6-8-18)28-30-24-15(3)11-16-13-21(43(37,38)39)25(26(32)22(16)23(24)27)31-29-20-10-9-19(12-14(20)2)42(34,35)36/h4-13,32H,1,27H2,2-3H3,(H,34,35,36)(H,37,38,39). The molecule has 5 N–H and O–H groups in total. The maximum Gasteiger partial charge on any atom is 0.296 e. The number of benzene rings is 4. The van der Waals surface area contributed by atoms with Crippen LogP contribution in [0.3, 0.4) is 0 Å². The third-order valence-corrected chi connectivity index (χ3v) is 8.30. The average molecular weight is 646 g/mol. The SMILES string of the molecule is C=CS(=O)Oc1ccc(N=Nc2c(C)cc3cc(S(=O)(=O)O)c(N=Nc4ccc(S(=O)(=O)O)cc4C)c(O)c3c2N)cc1. The second-order valence-corrected chi connectivity index (χ2v) is 12.8. The predicted octanol–water partition coefficient (Wildman–Crippen LogP) is 6.25. The largest absolute Gasteiger partial charge is 0.505 e. The number of nitrogens with zero attached hydrogens (tertiary/aromatic N) is 4. The molecule has 0 aliphatic carbocycles. The second-order valence-electron chi connectivity index (χ2n) is 8.93. The molecule has 0 spiro atoms. The van der Waals surface area contributed by atoms with Gasteiger partial charge in [0.1, 0.15) is 22.0 Å². The molecule has 17 heteroatoms. The van der Waals surface area contributed by atoms with E-state index in [0.717, 1.165) is 23.6 Å². The van der Waals surface area contributed by atoms with E-state index in [1.165, 1.54) is 31.2 Å². The summed E-state index contributed by atoms with van der Waals surface area (Å²) in [6.45, 7) is 6.47. The highest BCUT2D eigenvalue weighted by Gasteiger charge is 2.25. The fourth-order valence-electron chi connectivity index (χ4n) is 3.92. The molecule has 4 aromatic rings. The van der Waals surface area contributed by atoms with Gasteiger partial charge in [-0.2, -0.15) is 27.1 Å². The number of hydrogen-bond donors (Lipinski definition) is 4. The zero-order valence-corrected chi connectivity index (χ0v) is 24.8. The van der Waals surface area contributed by atoms with Crippen molar-refractivity contribution in [3.8, 4) is 11.5 Å². The van der Waals surface area contributed by atoms with Crippen LogP contribution in [0.5, 0.6) is 11.5 Å². The van der Waals surface area contributed by atoms with E-state index in [2.05, 4.69) is 27.0 Å². The highest BCUT2D eigenvalue weighted by Crippen LogP contribution is 2.47. The molecule has 0 bridgehead atoms. The number of phenolic OH excluding ortho intramolecular Hbond substituents is 1. The Labute approximate surface area is 248 Å². The summed E-state index contributed by atoms with van der Waals surface area (Å²) in [4.78, 5) is -1.16. The van der Waals surface area contributed by atoms with Crippen LogP contribution in [0.4, 0.5) is 28.4 Å².